The van der Waals surface area contributed by atoms with Crippen molar-refractivity contribution < 1.29 is 13.2 Å². The Bertz CT molecular complexity index is 1160. The van der Waals surface area contributed by atoms with Gasteiger partial charge in [-0.3, -0.25) is 9.52 Å². The monoisotopic (exact) mass is 437 g/mol. The van der Waals surface area contributed by atoms with Crippen LogP contribution in [0.4, 0.5) is 5.69 Å². The van der Waals surface area contributed by atoms with Crippen molar-refractivity contribution >= 4 is 27.7 Å². The molecule has 1 heterocycles. The van der Waals surface area contributed by atoms with Crippen molar-refractivity contribution in [3.8, 4) is 6.07 Å². The number of anilines is 1. The minimum atomic E-state index is -3.76. The van der Waals surface area contributed by atoms with Gasteiger partial charge >= 0.3 is 0 Å². The summed E-state index contributed by atoms with van der Waals surface area (Å²) in [5, 5.41) is 9.39. The summed E-state index contributed by atoms with van der Waals surface area (Å²) in [6.07, 6.45) is 3.45. The number of nitrogens with zero attached hydrogens (tertiary/aromatic N) is 2. The van der Waals surface area contributed by atoms with E-state index in [9.17, 15) is 18.5 Å². The van der Waals surface area contributed by atoms with Gasteiger partial charge in [0, 0.05) is 18.8 Å². The molecule has 7 heteroatoms. The molecule has 1 aliphatic rings. The Morgan fingerprint density at radius 1 is 1.03 bits per heavy atom. The molecule has 1 fully saturated rings. The predicted molar refractivity (Wildman–Crippen MR) is 122 cm³/mol. The molecule has 2 aromatic rings. The van der Waals surface area contributed by atoms with E-state index >= 15 is 0 Å². The van der Waals surface area contributed by atoms with Crippen LogP contribution in [-0.2, 0) is 14.8 Å². The van der Waals surface area contributed by atoms with Crippen LogP contribution in [0.2, 0.25) is 0 Å². The van der Waals surface area contributed by atoms with Crippen LogP contribution in [0.5, 0.6) is 0 Å². The Morgan fingerprint density at radius 3 is 2.10 bits per heavy atom. The van der Waals surface area contributed by atoms with Crippen LogP contribution >= 0.6 is 0 Å². The second kappa shape index (κ2) is 8.94. The summed E-state index contributed by atoms with van der Waals surface area (Å²) >= 11 is 0. The molecular weight excluding hydrogens is 410 g/mol. The maximum atomic E-state index is 13.1. The molecule has 0 aromatic heterocycles. The van der Waals surface area contributed by atoms with E-state index in [1.807, 2.05) is 39.8 Å². The third-order valence-electron chi connectivity index (χ3n) is 5.78. The van der Waals surface area contributed by atoms with Crippen molar-refractivity contribution in [1.82, 2.24) is 4.90 Å². The van der Waals surface area contributed by atoms with Gasteiger partial charge in [0.15, 0.2) is 0 Å². The molecule has 1 saturated heterocycles. The van der Waals surface area contributed by atoms with E-state index in [-0.39, 0.29) is 11.5 Å². The van der Waals surface area contributed by atoms with Crippen molar-refractivity contribution in [3.63, 3.8) is 0 Å². The van der Waals surface area contributed by atoms with Crippen LogP contribution in [0.25, 0.3) is 6.08 Å². The number of nitriles is 1. The fourth-order valence-corrected chi connectivity index (χ4v) is 5.51. The molecule has 6 nitrogen and oxygen atoms in total. The summed E-state index contributed by atoms with van der Waals surface area (Å²) in [6.45, 7) is 8.78. The lowest BCUT2D eigenvalue weighted by Crippen LogP contribution is -2.28. The molecule has 162 valence electrons. The minimum absolute atomic E-state index is 0.0803. The molecule has 1 aliphatic heterocycles. The van der Waals surface area contributed by atoms with Crippen molar-refractivity contribution in [2.45, 2.75) is 45.4 Å². The van der Waals surface area contributed by atoms with Crippen LogP contribution in [0, 0.1) is 39.0 Å². The van der Waals surface area contributed by atoms with Crippen LogP contribution < -0.4 is 4.72 Å². The highest BCUT2D eigenvalue weighted by molar-refractivity contribution is 7.92. The van der Waals surface area contributed by atoms with E-state index in [1.165, 1.54) is 6.08 Å². The number of sulfonamides is 1. The molecule has 0 radical (unpaired) electrons. The lowest BCUT2D eigenvalue weighted by molar-refractivity contribution is -0.125. The first kappa shape index (κ1) is 22.6. The molecule has 3 rings (SSSR count). The summed E-state index contributed by atoms with van der Waals surface area (Å²) in [5.74, 6) is -0.259. The summed E-state index contributed by atoms with van der Waals surface area (Å²) < 4.78 is 28.8. The van der Waals surface area contributed by atoms with Crippen LogP contribution in [0.15, 0.2) is 40.8 Å². The highest BCUT2D eigenvalue weighted by atomic mass is 32.2. The first-order chi connectivity index (χ1) is 14.6. The average molecular weight is 438 g/mol. The number of nitrogens with one attached hydrogen (secondary N) is 1. The number of rotatable bonds is 5. The summed E-state index contributed by atoms with van der Waals surface area (Å²) in [7, 11) is -3.76. The van der Waals surface area contributed by atoms with Crippen molar-refractivity contribution in [2.24, 2.45) is 0 Å². The zero-order valence-electron chi connectivity index (χ0n) is 18.3. The largest absolute Gasteiger partial charge is 0.338 e. The van der Waals surface area contributed by atoms with Gasteiger partial charge in [0.25, 0.3) is 15.9 Å². The number of likely N-dealkylation sites (tertiary alicyclic amines) is 1. The number of aryl methyl sites for hydroxylation is 2. The molecule has 0 spiro atoms. The van der Waals surface area contributed by atoms with Gasteiger partial charge in [-0.2, -0.15) is 5.26 Å². The Labute approximate surface area is 184 Å². The van der Waals surface area contributed by atoms with Gasteiger partial charge < -0.3 is 4.90 Å². The number of carbonyl (C=O) groups is 1. The predicted octanol–water partition coefficient (Wildman–Crippen LogP) is 4.25. The number of carbonyl (C=O) groups excluding carboxylic acids is 1. The fourth-order valence-electron chi connectivity index (χ4n) is 3.84. The molecule has 0 aliphatic carbocycles. The Kier molecular flexibility index (Phi) is 6.51. The second-order valence-electron chi connectivity index (χ2n) is 7.99. The summed E-state index contributed by atoms with van der Waals surface area (Å²) in [4.78, 5) is 14.4. The van der Waals surface area contributed by atoms with Gasteiger partial charge in [-0.1, -0.05) is 18.2 Å². The molecule has 31 heavy (non-hydrogen) atoms. The maximum Gasteiger partial charge on any atom is 0.264 e. The first-order valence-corrected chi connectivity index (χ1v) is 11.7. The van der Waals surface area contributed by atoms with Crippen LogP contribution in [-0.4, -0.2) is 32.3 Å². The van der Waals surface area contributed by atoms with Crippen molar-refractivity contribution in [3.05, 3.63) is 63.7 Å². The fraction of sp³-hybridized carbons (Fsp3) is 0.333. The second-order valence-corrected chi connectivity index (χ2v) is 9.61. The molecule has 0 unspecified atom stereocenters. The average Bonchev–Trinajstić information content (AvgIpc) is 3.26. The molecule has 1 amide bonds. The van der Waals surface area contributed by atoms with E-state index in [2.05, 4.69) is 4.72 Å². The van der Waals surface area contributed by atoms with E-state index < -0.39 is 10.0 Å². The Morgan fingerprint density at radius 2 is 1.58 bits per heavy atom. The van der Waals surface area contributed by atoms with Gasteiger partial charge in [0.05, 0.1) is 4.90 Å². The van der Waals surface area contributed by atoms with Crippen LogP contribution in [0.3, 0.4) is 0 Å². The number of benzene rings is 2. The normalized spacial score (nSPS) is 14.4. The SMILES string of the molecule is Cc1cc(C)c(C)c(S(=O)(=O)Nc2ccc(C=C(C#N)C(=O)N3CCCC3)cc2)c1C. The third kappa shape index (κ3) is 4.80. The maximum absolute atomic E-state index is 13.1. The van der Waals surface area contributed by atoms with Gasteiger partial charge in [-0.25, -0.2) is 8.42 Å². The highest BCUT2D eigenvalue weighted by Crippen LogP contribution is 2.28. The minimum Gasteiger partial charge on any atom is -0.338 e. The third-order valence-corrected chi connectivity index (χ3v) is 7.44. The number of amides is 1. The topological polar surface area (TPSA) is 90.3 Å². The van der Waals surface area contributed by atoms with E-state index in [0.29, 0.717) is 29.2 Å². The Hall–Kier alpha value is -3.11. The molecule has 2 aromatic carbocycles. The molecule has 0 bridgehead atoms. The summed E-state index contributed by atoms with van der Waals surface area (Å²) in [6, 6.07) is 10.6. The standard InChI is InChI=1S/C24H27N3O3S/c1-16-13-17(2)19(4)23(18(16)3)31(29,30)26-22-9-7-20(8-10-22)14-21(15-25)24(28)27-11-5-6-12-27/h7-10,13-14,26H,5-6,11-12H2,1-4H3. The molecule has 0 atom stereocenters. The van der Waals surface area contributed by atoms with Crippen molar-refractivity contribution in [2.75, 3.05) is 17.8 Å². The molecule has 1 N–H and O–H groups in total. The zero-order chi connectivity index (χ0) is 22.8. The van der Waals surface area contributed by atoms with Crippen molar-refractivity contribution in [1.29, 1.82) is 5.26 Å². The lowest BCUT2D eigenvalue weighted by Gasteiger charge is -2.17. The number of hydrogen-bond acceptors (Lipinski definition) is 4. The van der Waals surface area contributed by atoms with Gasteiger partial charge in [-0.15, -0.1) is 0 Å². The zero-order valence-corrected chi connectivity index (χ0v) is 19.1. The lowest BCUT2D eigenvalue weighted by atomic mass is 10.0. The Balaban J connectivity index is 1.84. The van der Waals surface area contributed by atoms with Crippen LogP contribution in [0.1, 0.15) is 40.7 Å². The quantitative estimate of drug-likeness (QED) is 0.559. The summed E-state index contributed by atoms with van der Waals surface area (Å²) in [5.41, 5.74) is 4.47. The van der Waals surface area contributed by atoms with Gasteiger partial charge in [-0.05, 0) is 86.6 Å². The van der Waals surface area contributed by atoms with E-state index in [1.54, 1.807) is 29.2 Å². The smallest absolute Gasteiger partial charge is 0.264 e. The number of hydrogen-bond donors (Lipinski definition) is 1. The highest BCUT2D eigenvalue weighted by Gasteiger charge is 2.23. The van der Waals surface area contributed by atoms with Gasteiger partial charge in [0.1, 0.15) is 11.6 Å². The van der Waals surface area contributed by atoms with E-state index in [4.69, 9.17) is 0 Å². The molecular formula is C24H27N3O3S. The van der Waals surface area contributed by atoms with Gasteiger partial charge in [0.2, 0.25) is 0 Å². The first-order valence-electron chi connectivity index (χ1n) is 10.3. The molecule has 0 saturated carbocycles. The van der Waals surface area contributed by atoms with E-state index in [0.717, 1.165) is 35.1 Å².